The molecule has 1 N–H and O–H groups in total. The number of carboxylic acids is 1. The molecule has 0 aromatic heterocycles. The number of rotatable bonds is 7. The van der Waals surface area contributed by atoms with Crippen molar-refractivity contribution in [3.05, 3.63) is 65.7 Å². The highest BCUT2D eigenvalue weighted by Crippen LogP contribution is 2.21. The summed E-state index contributed by atoms with van der Waals surface area (Å²) in [5, 5.41) is 13.9. The van der Waals surface area contributed by atoms with Crippen molar-refractivity contribution in [3.63, 3.8) is 0 Å². The van der Waals surface area contributed by atoms with Gasteiger partial charge in [-0.25, -0.2) is 8.42 Å². The van der Waals surface area contributed by atoms with Crippen molar-refractivity contribution in [1.29, 1.82) is 0 Å². The minimum Gasteiger partial charge on any atom is -0.548 e. The van der Waals surface area contributed by atoms with Crippen LogP contribution in [0, 0.1) is 0 Å². The van der Waals surface area contributed by atoms with Crippen molar-refractivity contribution in [2.24, 2.45) is 0 Å². The van der Waals surface area contributed by atoms with Gasteiger partial charge in [-0.15, -0.1) is 0 Å². The quantitative estimate of drug-likeness (QED) is 0.725. The Hall–Kier alpha value is -2.71. The zero-order chi connectivity index (χ0) is 20.9. The fourth-order valence-corrected chi connectivity index (χ4v) is 4.83. The van der Waals surface area contributed by atoms with Gasteiger partial charge < -0.3 is 15.2 Å². The smallest absolute Gasteiger partial charge is 0.251 e. The van der Waals surface area contributed by atoms with Gasteiger partial charge in [0.1, 0.15) is 0 Å². The van der Waals surface area contributed by atoms with Gasteiger partial charge in [0.15, 0.2) is 0 Å². The molecule has 0 saturated carbocycles. The van der Waals surface area contributed by atoms with Crippen LogP contribution in [0.2, 0.25) is 0 Å². The van der Waals surface area contributed by atoms with Crippen LogP contribution in [0.15, 0.2) is 59.5 Å². The van der Waals surface area contributed by atoms with Gasteiger partial charge in [-0.1, -0.05) is 36.8 Å². The Morgan fingerprint density at radius 1 is 0.966 bits per heavy atom. The van der Waals surface area contributed by atoms with E-state index in [4.69, 9.17) is 0 Å². The summed E-state index contributed by atoms with van der Waals surface area (Å²) in [7, 11) is -3.58. The molecule has 0 aliphatic carbocycles. The number of carbonyl (C=O) groups is 2. The number of hydrogen-bond acceptors (Lipinski definition) is 5. The summed E-state index contributed by atoms with van der Waals surface area (Å²) >= 11 is 0. The van der Waals surface area contributed by atoms with Gasteiger partial charge in [0, 0.05) is 18.7 Å². The third-order valence-corrected chi connectivity index (χ3v) is 6.85. The Balaban J connectivity index is 1.69. The van der Waals surface area contributed by atoms with E-state index >= 15 is 0 Å². The number of nitrogens with zero attached hydrogens (tertiary/aromatic N) is 1. The van der Waals surface area contributed by atoms with Gasteiger partial charge in [-0.05, 0) is 49.1 Å². The largest absolute Gasteiger partial charge is 0.548 e. The minimum absolute atomic E-state index is 0.0936. The number of piperidine rings is 1. The van der Waals surface area contributed by atoms with Gasteiger partial charge in [0.05, 0.1) is 16.9 Å². The molecule has 3 rings (SSSR count). The molecule has 1 heterocycles. The van der Waals surface area contributed by atoms with Gasteiger partial charge >= 0.3 is 0 Å². The molecule has 7 nitrogen and oxygen atoms in total. The molecule has 154 valence electrons. The topological polar surface area (TPSA) is 107 Å². The Bertz CT molecular complexity index is 952. The SMILES string of the molecule is O=C(N[C@@H](Cc1ccccc1)C(=O)[O-])c1ccc(S(=O)(=O)N2CCCCC2)cc1. The van der Waals surface area contributed by atoms with E-state index in [9.17, 15) is 23.1 Å². The van der Waals surface area contributed by atoms with E-state index in [0.29, 0.717) is 13.1 Å². The first-order valence-electron chi connectivity index (χ1n) is 9.54. The predicted octanol–water partition coefficient (Wildman–Crippen LogP) is 0.952. The Morgan fingerprint density at radius 2 is 1.59 bits per heavy atom. The molecule has 1 aliphatic heterocycles. The monoisotopic (exact) mass is 415 g/mol. The summed E-state index contributed by atoms with van der Waals surface area (Å²) in [4.78, 5) is 24.0. The molecule has 0 spiro atoms. The highest BCUT2D eigenvalue weighted by molar-refractivity contribution is 7.89. The van der Waals surface area contributed by atoms with Gasteiger partial charge in [0.2, 0.25) is 10.0 Å². The van der Waals surface area contributed by atoms with E-state index in [1.165, 1.54) is 28.6 Å². The Kier molecular flexibility index (Phi) is 6.66. The molecule has 0 bridgehead atoms. The zero-order valence-electron chi connectivity index (χ0n) is 15.9. The molecule has 1 aliphatic rings. The van der Waals surface area contributed by atoms with Crippen LogP contribution in [0.4, 0.5) is 0 Å². The van der Waals surface area contributed by atoms with Crippen molar-refractivity contribution in [2.45, 2.75) is 36.6 Å². The second-order valence-corrected chi connectivity index (χ2v) is 8.96. The first kappa shape index (κ1) is 21.0. The number of carboxylic acid groups (broad SMARTS) is 1. The molecule has 1 amide bonds. The summed E-state index contributed by atoms with van der Waals surface area (Å²) in [5.74, 6) is -1.98. The first-order chi connectivity index (χ1) is 13.9. The standard InChI is InChI=1S/C21H24N2O5S/c24-20(22-19(21(25)26)15-16-7-3-1-4-8-16)17-9-11-18(12-10-17)29(27,28)23-13-5-2-6-14-23/h1,3-4,7-12,19H,2,5-6,13-15H2,(H,22,24)(H,25,26)/p-1/t19-/m0/s1. The summed E-state index contributed by atoms with van der Waals surface area (Å²) < 4.78 is 26.8. The fraction of sp³-hybridized carbons (Fsp3) is 0.333. The first-order valence-corrected chi connectivity index (χ1v) is 11.0. The third-order valence-electron chi connectivity index (χ3n) is 4.94. The summed E-state index contributed by atoms with van der Waals surface area (Å²) in [6.07, 6.45) is 2.79. The van der Waals surface area contributed by atoms with Crippen LogP contribution in [0.1, 0.15) is 35.2 Å². The van der Waals surface area contributed by atoms with Crippen LogP contribution in [-0.2, 0) is 21.2 Å². The number of aliphatic carboxylic acids is 1. The molecule has 1 fully saturated rings. The second-order valence-electron chi connectivity index (χ2n) is 7.02. The van der Waals surface area contributed by atoms with Gasteiger partial charge in [-0.3, -0.25) is 4.79 Å². The molecular weight excluding hydrogens is 392 g/mol. The molecule has 2 aromatic rings. The van der Waals surface area contributed by atoms with Crippen LogP contribution in [0.25, 0.3) is 0 Å². The summed E-state index contributed by atoms with van der Waals surface area (Å²) in [6.45, 7) is 0.995. The maximum absolute atomic E-state index is 12.7. The Labute approximate surface area is 170 Å². The van der Waals surface area contributed by atoms with E-state index in [1.807, 2.05) is 6.07 Å². The number of carbonyl (C=O) groups excluding carboxylic acids is 2. The van der Waals surface area contributed by atoms with Crippen molar-refractivity contribution in [3.8, 4) is 0 Å². The van der Waals surface area contributed by atoms with Crippen molar-refractivity contribution in [2.75, 3.05) is 13.1 Å². The summed E-state index contributed by atoms with van der Waals surface area (Å²) in [5.41, 5.74) is 0.937. The average Bonchev–Trinajstić information content (AvgIpc) is 2.74. The van der Waals surface area contributed by atoms with E-state index in [1.54, 1.807) is 24.3 Å². The number of sulfonamides is 1. The number of hydrogen-bond donors (Lipinski definition) is 1. The molecule has 0 radical (unpaired) electrons. The normalized spacial score (nSPS) is 16.1. The van der Waals surface area contributed by atoms with Crippen molar-refractivity contribution >= 4 is 21.9 Å². The Morgan fingerprint density at radius 3 is 2.17 bits per heavy atom. The molecule has 1 atom stereocenters. The van der Waals surface area contributed by atoms with E-state index in [2.05, 4.69) is 5.32 Å². The number of benzene rings is 2. The van der Waals surface area contributed by atoms with Crippen LogP contribution < -0.4 is 10.4 Å². The molecule has 8 heteroatoms. The number of amides is 1. The summed E-state index contributed by atoms with van der Waals surface area (Å²) in [6, 6.07) is 13.3. The zero-order valence-corrected chi connectivity index (χ0v) is 16.7. The average molecular weight is 415 g/mol. The lowest BCUT2D eigenvalue weighted by Crippen LogP contribution is -2.49. The van der Waals surface area contributed by atoms with E-state index < -0.39 is 27.9 Å². The molecule has 1 saturated heterocycles. The molecular formula is C21H23N2O5S-. The lowest BCUT2D eigenvalue weighted by Gasteiger charge is -2.26. The van der Waals surface area contributed by atoms with Crippen LogP contribution in [0.5, 0.6) is 0 Å². The maximum atomic E-state index is 12.7. The lowest BCUT2D eigenvalue weighted by atomic mass is 10.1. The van der Waals surface area contributed by atoms with E-state index in [-0.39, 0.29) is 16.9 Å². The molecule has 0 unspecified atom stereocenters. The van der Waals surface area contributed by atoms with Crippen LogP contribution in [-0.4, -0.2) is 43.7 Å². The van der Waals surface area contributed by atoms with Crippen molar-refractivity contribution in [1.82, 2.24) is 9.62 Å². The third kappa shape index (κ3) is 5.21. The van der Waals surface area contributed by atoms with Gasteiger partial charge in [0.25, 0.3) is 5.91 Å². The fourth-order valence-electron chi connectivity index (χ4n) is 3.32. The minimum atomic E-state index is -3.58. The maximum Gasteiger partial charge on any atom is 0.251 e. The van der Waals surface area contributed by atoms with Crippen LogP contribution >= 0.6 is 0 Å². The predicted molar refractivity (Wildman–Crippen MR) is 105 cm³/mol. The molecule has 2 aromatic carbocycles. The second kappa shape index (κ2) is 9.19. The highest BCUT2D eigenvalue weighted by atomic mass is 32.2. The number of nitrogens with one attached hydrogen (secondary N) is 1. The van der Waals surface area contributed by atoms with Crippen molar-refractivity contribution < 1.29 is 23.1 Å². The highest BCUT2D eigenvalue weighted by Gasteiger charge is 2.26. The van der Waals surface area contributed by atoms with Crippen LogP contribution in [0.3, 0.4) is 0 Å². The lowest BCUT2D eigenvalue weighted by molar-refractivity contribution is -0.308. The molecule has 29 heavy (non-hydrogen) atoms. The van der Waals surface area contributed by atoms with Gasteiger partial charge in [-0.2, -0.15) is 4.31 Å². The van der Waals surface area contributed by atoms with E-state index in [0.717, 1.165) is 24.8 Å².